The van der Waals surface area contributed by atoms with Crippen LogP contribution in [0.5, 0.6) is 0 Å². The van der Waals surface area contributed by atoms with Gasteiger partial charge in [-0.2, -0.15) is 4.31 Å². The Balaban J connectivity index is 1.45. The fourth-order valence-corrected chi connectivity index (χ4v) is 6.09. The second kappa shape index (κ2) is 10.7. The highest BCUT2D eigenvalue weighted by atomic mass is 35.5. The van der Waals surface area contributed by atoms with Crippen LogP contribution in [0.4, 0.5) is 0 Å². The van der Waals surface area contributed by atoms with Gasteiger partial charge in [-0.3, -0.25) is 9.59 Å². The van der Waals surface area contributed by atoms with E-state index in [1.807, 2.05) is 19.1 Å². The number of benzene rings is 2. The number of amides is 2. The van der Waals surface area contributed by atoms with Gasteiger partial charge in [0.15, 0.2) is 0 Å². The number of sulfonamides is 1. The molecule has 3 rings (SSSR count). The van der Waals surface area contributed by atoms with Crippen LogP contribution in [0.1, 0.15) is 28.8 Å². The second-order valence-corrected chi connectivity index (χ2v) is 10.3. The third kappa shape index (κ3) is 5.81. The lowest BCUT2D eigenvalue weighted by Crippen LogP contribution is -2.44. The second-order valence-electron chi connectivity index (χ2n) is 7.64. The smallest absolute Gasteiger partial charge is 0.251 e. The molecule has 7 nitrogen and oxygen atoms in total. The summed E-state index contributed by atoms with van der Waals surface area (Å²) in [4.78, 5) is 24.4. The van der Waals surface area contributed by atoms with E-state index in [-0.39, 0.29) is 45.8 Å². The van der Waals surface area contributed by atoms with E-state index >= 15 is 0 Å². The minimum atomic E-state index is -3.84. The SMILES string of the molecule is Cc1ccc(C(=O)NCCNC(=O)C2CCN(S(=O)(=O)c3c(Cl)cccc3Cl)CC2)cc1. The Morgan fingerprint density at radius 1 is 0.969 bits per heavy atom. The summed E-state index contributed by atoms with van der Waals surface area (Å²) in [5, 5.41) is 5.72. The maximum atomic E-state index is 12.9. The van der Waals surface area contributed by atoms with Crippen LogP contribution in [-0.2, 0) is 14.8 Å². The van der Waals surface area contributed by atoms with Gasteiger partial charge in [0.2, 0.25) is 15.9 Å². The summed E-state index contributed by atoms with van der Waals surface area (Å²) < 4.78 is 27.2. The number of hydrogen-bond acceptors (Lipinski definition) is 4. The third-order valence-corrected chi connectivity index (χ3v) is 8.22. The number of carbonyl (C=O) groups excluding carboxylic acids is 2. The van der Waals surface area contributed by atoms with Gasteiger partial charge in [-0.05, 0) is 44.0 Å². The Morgan fingerprint density at radius 2 is 1.53 bits per heavy atom. The van der Waals surface area contributed by atoms with Crippen LogP contribution in [0.2, 0.25) is 10.0 Å². The molecule has 0 bridgehead atoms. The molecule has 1 fully saturated rings. The number of halogens is 2. The minimum absolute atomic E-state index is 0.0741. The van der Waals surface area contributed by atoms with Gasteiger partial charge in [0, 0.05) is 37.7 Å². The van der Waals surface area contributed by atoms with Gasteiger partial charge in [0.25, 0.3) is 5.91 Å². The zero-order valence-electron chi connectivity index (χ0n) is 17.6. The highest BCUT2D eigenvalue weighted by Crippen LogP contribution is 2.33. The highest BCUT2D eigenvalue weighted by molar-refractivity contribution is 7.89. The predicted octanol–water partition coefficient (Wildman–Crippen LogP) is 3.25. The van der Waals surface area contributed by atoms with E-state index in [4.69, 9.17) is 23.2 Å². The number of piperidine rings is 1. The quantitative estimate of drug-likeness (QED) is 0.573. The zero-order valence-corrected chi connectivity index (χ0v) is 19.9. The van der Waals surface area contributed by atoms with E-state index in [1.165, 1.54) is 16.4 Å². The normalized spacial score (nSPS) is 15.3. The average molecular weight is 498 g/mol. The molecule has 0 aromatic heterocycles. The van der Waals surface area contributed by atoms with Crippen molar-refractivity contribution in [1.29, 1.82) is 0 Å². The summed E-state index contributed by atoms with van der Waals surface area (Å²) in [7, 11) is -3.84. The first-order valence-electron chi connectivity index (χ1n) is 10.3. The van der Waals surface area contributed by atoms with E-state index in [2.05, 4.69) is 10.6 Å². The first kappa shape index (κ1) is 24.5. The number of hydrogen-bond donors (Lipinski definition) is 2. The van der Waals surface area contributed by atoms with E-state index < -0.39 is 10.0 Å². The van der Waals surface area contributed by atoms with Crippen molar-refractivity contribution < 1.29 is 18.0 Å². The molecule has 2 N–H and O–H groups in total. The monoisotopic (exact) mass is 497 g/mol. The lowest BCUT2D eigenvalue weighted by Gasteiger charge is -2.31. The number of aryl methyl sites for hydroxylation is 1. The van der Waals surface area contributed by atoms with Gasteiger partial charge < -0.3 is 10.6 Å². The third-order valence-electron chi connectivity index (χ3n) is 5.37. The molecule has 10 heteroatoms. The molecule has 1 heterocycles. The largest absolute Gasteiger partial charge is 0.354 e. The topological polar surface area (TPSA) is 95.6 Å². The Morgan fingerprint density at radius 3 is 2.12 bits per heavy atom. The van der Waals surface area contributed by atoms with Crippen molar-refractivity contribution in [3.8, 4) is 0 Å². The number of carbonyl (C=O) groups is 2. The molecular weight excluding hydrogens is 473 g/mol. The fraction of sp³-hybridized carbons (Fsp3) is 0.364. The average Bonchev–Trinajstić information content (AvgIpc) is 2.76. The molecule has 1 saturated heterocycles. The van der Waals surface area contributed by atoms with Crippen LogP contribution in [0.15, 0.2) is 47.4 Å². The van der Waals surface area contributed by atoms with Crippen LogP contribution >= 0.6 is 23.2 Å². The van der Waals surface area contributed by atoms with E-state index in [0.29, 0.717) is 31.5 Å². The zero-order chi connectivity index (χ0) is 23.3. The summed E-state index contributed by atoms with van der Waals surface area (Å²) in [6, 6.07) is 11.8. The molecule has 0 unspecified atom stereocenters. The Kier molecular flexibility index (Phi) is 8.16. The van der Waals surface area contributed by atoms with E-state index in [0.717, 1.165) is 5.56 Å². The van der Waals surface area contributed by atoms with E-state index in [1.54, 1.807) is 18.2 Å². The number of nitrogens with zero attached hydrogens (tertiary/aromatic N) is 1. The first-order chi connectivity index (χ1) is 15.2. The van der Waals surface area contributed by atoms with Crippen LogP contribution < -0.4 is 10.6 Å². The maximum absolute atomic E-state index is 12.9. The summed E-state index contributed by atoms with van der Waals surface area (Å²) in [6.45, 7) is 2.95. The van der Waals surface area contributed by atoms with Crippen molar-refractivity contribution in [2.45, 2.75) is 24.7 Å². The molecule has 0 spiro atoms. The predicted molar refractivity (Wildman–Crippen MR) is 124 cm³/mol. The molecule has 0 aliphatic carbocycles. The Hall–Kier alpha value is -2.13. The summed E-state index contributed by atoms with van der Waals surface area (Å²) >= 11 is 12.1. The van der Waals surface area contributed by atoms with Crippen LogP contribution in [-0.4, -0.2) is 50.7 Å². The number of rotatable bonds is 7. The molecular formula is C22H25Cl2N3O4S. The maximum Gasteiger partial charge on any atom is 0.251 e. The molecule has 1 aliphatic rings. The van der Waals surface area contributed by atoms with Gasteiger partial charge in [-0.15, -0.1) is 0 Å². The molecule has 0 saturated carbocycles. The van der Waals surface area contributed by atoms with Gasteiger partial charge in [0.05, 0.1) is 10.0 Å². The van der Waals surface area contributed by atoms with Crippen molar-refractivity contribution in [2.24, 2.45) is 5.92 Å². The van der Waals surface area contributed by atoms with Crippen LogP contribution in [0, 0.1) is 12.8 Å². The molecule has 2 aromatic rings. The molecule has 1 aliphatic heterocycles. The van der Waals surface area contributed by atoms with Crippen molar-refractivity contribution in [3.63, 3.8) is 0 Å². The summed E-state index contributed by atoms with van der Waals surface area (Å²) in [5.41, 5.74) is 1.64. The fourth-order valence-electron chi connectivity index (χ4n) is 3.53. The molecule has 32 heavy (non-hydrogen) atoms. The van der Waals surface area contributed by atoms with Crippen molar-refractivity contribution in [1.82, 2.24) is 14.9 Å². The van der Waals surface area contributed by atoms with Gasteiger partial charge in [-0.1, -0.05) is 47.0 Å². The van der Waals surface area contributed by atoms with Gasteiger partial charge in [0.1, 0.15) is 4.90 Å². The van der Waals surface area contributed by atoms with Crippen LogP contribution in [0.25, 0.3) is 0 Å². The lowest BCUT2D eigenvalue weighted by atomic mass is 9.97. The molecule has 2 aromatic carbocycles. The molecule has 2 amide bonds. The van der Waals surface area contributed by atoms with Crippen molar-refractivity contribution in [3.05, 3.63) is 63.6 Å². The Bertz CT molecular complexity index is 1060. The Labute approximate surface area is 198 Å². The summed E-state index contributed by atoms with van der Waals surface area (Å²) in [5.74, 6) is -0.644. The first-order valence-corrected chi connectivity index (χ1v) is 12.5. The highest BCUT2D eigenvalue weighted by Gasteiger charge is 2.34. The van der Waals surface area contributed by atoms with Crippen molar-refractivity contribution in [2.75, 3.05) is 26.2 Å². The minimum Gasteiger partial charge on any atom is -0.354 e. The summed E-state index contributed by atoms with van der Waals surface area (Å²) in [6.07, 6.45) is 0.783. The standard InChI is InChI=1S/C22H25Cl2N3O4S/c1-15-5-7-16(8-6-15)21(28)25-11-12-26-22(29)17-9-13-27(14-10-17)32(30,31)20-18(23)3-2-4-19(20)24/h2-8,17H,9-14H2,1H3,(H,25,28)(H,26,29). The lowest BCUT2D eigenvalue weighted by molar-refractivity contribution is -0.126. The molecule has 0 atom stereocenters. The molecule has 0 radical (unpaired) electrons. The van der Waals surface area contributed by atoms with Gasteiger partial charge >= 0.3 is 0 Å². The van der Waals surface area contributed by atoms with Crippen molar-refractivity contribution >= 4 is 45.0 Å². The number of nitrogens with one attached hydrogen (secondary N) is 2. The van der Waals surface area contributed by atoms with E-state index in [9.17, 15) is 18.0 Å². The van der Waals surface area contributed by atoms with Crippen LogP contribution in [0.3, 0.4) is 0 Å². The van der Waals surface area contributed by atoms with Gasteiger partial charge in [-0.25, -0.2) is 8.42 Å². The molecule has 172 valence electrons.